The van der Waals surface area contributed by atoms with Crippen molar-refractivity contribution in [3.8, 4) is 5.75 Å². The summed E-state index contributed by atoms with van der Waals surface area (Å²) in [6.07, 6.45) is 2.78. The standard InChI is InChI=1S/C22H27FN4O5S/c1-22(2,3)32-21(30)24-10-8-18(28)31-16-13-15(23)7-6-14(16)12-17-19(29)26-20(33-17)27-11-5-4-9-25-27/h6-7,12-13,25H,4-5,8-11H2,1-3H3,(H,24,30)/b17-12+. The summed E-state index contributed by atoms with van der Waals surface area (Å²) in [5.41, 5.74) is 2.90. The number of amides is 2. The third-order valence-electron chi connectivity index (χ3n) is 4.43. The van der Waals surface area contributed by atoms with Crippen LogP contribution in [0.3, 0.4) is 0 Å². The molecule has 0 atom stereocenters. The molecule has 178 valence electrons. The minimum absolute atomic E-state index is 0.00609. The lowest BCUT2D eigenvalue weighted by Gasteiger charge is -2.28. The lowest BCUT2D eigenvalue weighted by atomic mass is 10.1. The van der Waals surface area contributed by atoms with Crippen molar-refractivity contribution < 1.29 is 28.2 Å². The molecule has 0 aromatic heterocycles. The average molecular weight is 479 g/mol. The van der Waals surface area contributed by atoms with Gasteiger partial charge in [0.15, 0.2) is 5.17 Å². The van der Waals surface area contributed by atoms with E-state index in [4.69, 9.17) is 9.47 Å². The molecule has 33 heavy (non-hydrogen) atoms. The maximum absolute atomic E-state index is 13.8. The number of carbonyl (C=O) groups is 3. The van der Waals surface area contributed by atoms with Crippen LogP contribution < -0.4 is 15.5 Å². The predicted octanol–water partition coefficient (Wildman–Crippen LogP) is 3.22. The molecule has 3 rings (SSSR count). The van der Waals surface area contributed by atoms with E-state index in [0.717, 1.165) is 32.0 Å². The first-order chi connectivity index (χ1) is 15.6. The molecular formula is C22H27FN4O5S. The normalized spacial score (nSPS) is 17.7. The van der Waals surface area contributed by atoms with E-state index in [0.29, 0.717) is 15.6 Å². The van der Waals surface area contributed by atoms with Gasteiger partial charge in [0.05, 0.1) is 11.3 Å². The molecule has 1 aromatic rings. The van der Waals surface area contributed by atoms with Crippen molar-refractivity contribution >= 4 is 41.0 Å². The van der Waals surface area contributed by atoms with Crippen molar-refractivity contribution in [3.05, 3.63) is 34.5 Å². The third kappa shape index (κ3) is 7.57. The molecule has 2 heterocycles. The number of benzene rings is 1. The Bertz CT molecular complexity index is 983. The second-order valence-electron chi connectivity index (χ2n) is 8.41. The minimum Gasteiger partial charge on any atom is -0.444 e. The predicted molar refractivity (Wildman–Crippen MR) is 123 cm³/mol. The largest absolute Gasteiger partial charge is 0.444 e. The molecule has 1 fully saturated rings. The van der Waals surface area contributed by atoms with E-state index in [9.17, 15) is 18.8 Å². The van der Waals surface area contributed by atoms with Crippen molar-refractivity contribution in [2.24, 2.45) is 4.99 Å². The Morgan fingerprint density at radius 2 is 2.12 bits per heavy atom. The Morgan fingerprint density at radius 3 is 2.82 bits per heavy atom. The molecule has 0 radical (unpaired) electrons. The number of hydrazine groups is 1. The maximum Gasteiger partial charge on any atom is 0.407 e. The van der Waals surface area contributed by atoms with E-state index in [-0.39, 0.29) is 18.7 Å². The molecule has 2 aliphatic heterocycles. The van der Waals surface area contributed by atoms with E-state index in [1.165, 1.54) is 30.0 Å². The fourth-order valence-electron chi connectivity index (χ4n) is 2.98. The summed E-state index contributed by atoms with van der Waals surface area (Å²) in [6, 6.07) is 3.71. The van der Waals surface area contributed by atoms with Crippen molar-refractivity contribution in [3.63, 3.8) is 0 Å². The van der Waals surface area contributed by atoms with Crippen LogP contribution in [0.25, 0.3) is 6.08 Å². The molecule has 0 spiro atoms. The lowest BCUT2D eigenvalue weighted by molar-refractivity contribution is -0.134. The zero-order valence-electron chi connectivity index (χ0n) is 18.8. The van der Waals surface area contributed by atoms with Gasteiger partial charge in [-0.05, 0) is 63.6 Å². The van der Waals surface area contributed by atoms with Crippen LogP contribution in [0.1, 0.15) is 45.6 Å². The fraction of sp³-hybridized carbons (Fsp3) is 0.455. The molecule has 1 aromatic carbocycles. The number of aliphatic imine (C=N–C) groups is 1. The van der Waals surface area contributed by atoms with Crippen molar-refractivity contribution in [1.29, 1.82) is 0 Å². The monoisotopic (exact) mass is 478 g/mol. The SMILES string of the molecule is CC(C)(C)OC(=O)NCCC(=O)Oc1cc(F)ccc1/C=C1/SC(N2CCCCN2)=NC1=O. The van der Waals surface area contributed by atoms with Gasteiger partial charge in [-0.3, -0.25) is 14.6 Å². The van der Waals surface area contributed by atoms with Crippen molar-refractivity contribution in [2.75, 3.05) is 19.6 Å². The molecule has 1 saturated heterocycles. The van der Waals surface area contributed by atoms with Crippen LogP contribution >= 0.6 is 11.8 Å². The van der Waals surface area contributed by atoms with Gasteiger partial charge in [0, 0.05) is 31.3 Å². The molecule has 2 amide bonds. The van der Waals surface area contributed by atoms with Crippen molar-refractivity contribution in [1.82, 2.24) is 15.8 Å². The van der Waals surface area contributed by atoms with Crippen LogP contribution in [0.2, 0.25) is 0 Å². The second-order valence-corrected chi connectivity index (χ2v) is 9.42. The first-order valence-corrected chi connectivity index (χ1v) is 11.4. The summed E-state index contributed by atoms with van der Waals surface area (Å²) >= 11 is 1.20. The van der Waals surface area contributed by atoms with E-state index >= 15 is 0 Å². The van der Waals surface area contributed by atoms with Gasteiger partial charge in [0.2, 0.25) is 0 Å². The second kappa shape index (κ2) is 10.8. The number of esters is 1. The number of nitrogens with zero attached hydrogens (tertiary/aromatic N) is 2. The van der Waals surface area contributed by atoms with Crippen molar-refractivity contribution in [2.45, 2.75) is 45.6 Å². The Balaban J connectivity index is 1.62. The summed E-state index contributed by atoms with van der Waals surface area (Å²) in [7, 11) is 0. The smallest absolute Gasteiger partial charge is 0.407 e. The molecule has 11 heteroatoms. The highest BCUT2D eigenvalue weighted by Crippen LogP contribution is 2.32. The van der Waals surface area contributed by atoms with E-state index < -0.39 is 29.4 Å². The molecule has 2 aliphatic rings. The van der Waals surface area contributed by atoms with Crippen LogP contribution in [0.5, 0.6) is 5.75 Å². The van der Waals surface area contributed by atoms with Gasteiger partial charge in [-0.2, -0.15) is 4.99 Å². The first-order valence-electron chi connectivity index (χ1n) is 10.6. The first kappa shape index (κ1) is 24.7. The number of nitrogens with one attached hydrogen (secondary N) is 2. The molecular weight excluding hydrogens is 451 g/mol. The highest BCUT2D eigenvalue weighted by Gasteiger charge is 2.27. The highest BCUT2D eigenvalue weighted by molar-refractivity contribution is 8.18. The average Bonchev–Trinajstić information content (AvgIpc) is 3.09. The third-order valence-corrected chi connectivity index (χ3v) is 5.44. The van der Waals surface area contributed by atoms with Crippen LogP contribution in [0, 0.1) is 5.82 Å². The number of ether oxygens (including phenoxy) is 2. The number of alkyl carbamates (subject to hydrolysis) is 1. The zero-order valence-corrected chi connectivity index (χ0v) is 19.6. The molecule has 0 bridgehead atoms. The molecule has 0 unspecified atom stereocenters. The van der Waals surface area contributed by atoms with Gasteiger partial charge in [-0.25, -0.2) is 14.6 Å². The molecule has 0 aliphatic carbocycles. The van der Waals surface area contributed by atoms with Gasteiger partial charge < -0.3 is 14.8 Å². The van der Waals surface area contributed by atoms with E-state index in [2.05, 4.69) is 15.7 Å². The number of thioether (sulfide) groups is 1. The molecule has 2 N–H and O–H groups in total. The van der Waals surface area contributed by atoms with Crippen LogP contribution in [0.4, 0.5) is 9.18 Å². The topological polar surface area (TPSA) is 109 Å². The van der Waals surface area contributed by atoms with Crippen LogP contribution in [-0.2, 0) is 14.3 Å². The quantitative estimate of drug-likeness (QED) is 0.377. The van der Waals surface area contributed by atoms with Gasteiger partial charge in [-0.1, -0.05) is 0 Å². The fourth-order valence-corrected chi connectivity index (χ4v) is 3.89. The van der Waals surface area contributed by atoms with E-state index in [1.54, 1.807) is 20.8 Å². The number of rotatable bonds is 5. The highest BCUT2D eigenvalue weighted by atomic mass is 32.2. The molecule has 9 nitrogen and oxygen atoms in total. The van der Waals surface area contributed by atoms with Gasteiger partial charge in [-0.15, -0.1) is 0 Å². The Labute approximate surface area is 195 Å². The zero-order chi connectivity index (χ0) is 24.0. The Kier molecular flexibility index (Phi) is 8.09. The summed E-state index contributed by atoms with van der Waals surface area (Å²) in [5, 5.41) is 4.86. The van der Waals surface area contributed by atoms with E-state index in [1.807, 2.05) is 5.01 Å². The van der Waals surface area contributed by atoms with Crippen LogP contribution in [0.15, 0.2) is 28.1 Å². The lowest BCUT2D eigenvalue weighted by Crippen LogP contribution is -2.45. The Hall–Kier alpha value is -2.92. The molecule has 0 saturated carbocycles. The summed E-state index contributed by atoms with van der Waals surface area (Å²) < 4.78 is 24.2. The van der Waals surface area contributed by atoms with Gasteiger partial charge in [0.25, 0.3) is 5.91 Å². The van der Waals surface area contributed by atoms with Gasteiger partial charge >= 0.3 is 12.1 Å². The maximum atomic E-state index is 13.8. The summed E-state index contributed by atoms with van der Waals surface area (Å²) in [5.74, 6) is -1.70. The minimum atomic E-state index is -0.670. The number of hydrogen-bond acceptors (Lipinski definition) is 8. The number of hydrogen-bond donors (Lipinski definition) is 2. The summed E-state index contributed by atoms with van der Waals surface area (Å²) in [4.78, 5) is 40.7. The van der Waals surface area contributed by atoms with Crippen LogP contribution in [-0.4, -0.2) is 53.4 Å². The number of amidine groups is 1. The van der Waals surface area contributed by atoms with Gasteiger partial charge in [0.1, 0.15) is 17.2 Å². The Morgan fingerprint density at radius 1 is 1.33 bits per heavy atom. The summed E-state index contributed by atoms with van der Waals surface area (Å²) in [6.45, 7) is 6.74. The number of carbonyl (C=O) groups excluding carboxylic acids is 3. The number of halogens is 1.